The number of hydrogen-bond donors (Lipinski definition) is 1. The van der Waals surface area contributed by atoms with E-state index >= 15 is 0 Å². The average molecular weight is 279 g/mol. The molecule has 0 spiro atoms. The van der Waals surface area contributed by atoms with E-state index in [1.807, 2.05) is 0 Å². The number of nitrogen functional groups attached to an aromatic ring is 1. The molecule has 0 aliphatic carbocycles. The molecule has 0 unspecified atom stereocenters. The molecule has 0 saturated heterocycles. The molecule has 0 aliphatic rings. The van der Waals surface area contributed by atoms with Crippen LogP contribution in [0.5, 0.6) is 0 Å². The number of nitrogens with two attached hydrogens (primary N) is 1. The van der Waals surface area contributed by atoms with Gasteiger partial charge in [0.15, 0.2) is 0 Å². The number of benzene rings is 1. The first kappa shape index (κ1) is 16.4. The molecule has 0 amide bonds. The fourth-order valence-corrected chi connectivity index (χ4v) is 2.12. The summed E-state index contributed by atoms with van der Waals surface area (Å²) >= 11 is 0. The zero-order valence-electron chi connectivity index (χ0n) is 12.5. The number of anilines is 1. The van der Waals surface area contributed by atoms with Crippen LogP contribution in [0.4, 0.5) is 11.4 Å². The van der Waals surface area contributed by atoms with Crippen molar-refractivity contribution >= 4 is 11.4 Å². The second kappa shape index (κ2) is 8.53. The first-order valence-corrected chi connectivity index (χ1v) is 7.33. The number of non-ortho nitro benzene ring substituents is 1. The van der Waals surface area contributed by atoms with Crippen LogP contribution in [0, 0.1) is 10.1 Å². The van der Waals surface area contributed by atoms with Crippen LogP contribution >= 0.6 is 0 Å². The highest BCUT2D eigenvalue weighted by molar-refractivity contribution is 5.52. The van der Waals surface area contributed by atoms with E-state index in [9.17, 15) is 10.1 Å². The van der Waals surface area contributed by atoms with Gasteiger partial charge in [0.2, 0.25) is 0 Å². The van der Waals surface area contributed by atoms with Crippen LogP contribution in [-0.2, 0) is 6.54 Å². The van der Waals surface area contributed by atoms with E-state index in [-0.39, 0.29) is 10.6 Å². The summed E-state index contributed by atoms with van der Waals surface area (Å²) in [5.41, 5.74) is 7.54. The van der Waals surface area contributed by atoms with Crippen LogP contribution < -0.4 is 5.73 Å². The van der Waals surface area contributed by atoms with Crippen molar-refractivity contribution in [2.45, 2.75) is 46.1 Å². The van der Waals surface area contributed by atoms with Gasteiger partial charge in [0.05, 0.1) is 4.92 Å². The van der Waals surface area contributed by atoms with E-state index < -0.39 is 0 Å². The monoisotopic (exact) mass is 279 g/mol. The van der Waals surface area contributed by atoms with Crippen LogP contribution in [0.2, 0.25) is 0 Å². The largest absolute Gasteiger partial charge is 0.398 e. The Morgan fingerprint density at radius 3 is 2.30 bits per heavy atom. The van der Waals surface area contributed by atoms with Crippen LogP contribution in [0.25, 0.3) is 0 Å². The number of hydrogen-bond acceptors (Lipinski definition) is 4. The maximum Gasteiger partial charge on any atom is 0.269 e. The van der Waals surface area contributed by atoms with Gasteiger partial charge < -0.3 is 5.73 Å². The fourth-order valence-electron chi connectivity index (χ4n) is 2.12. The standard InChI is InChI=1S/C15H25N3O2/c1-3-5-9-17(10-6-4-2)12-13-11-14(18(19)20)7-8-15(13)16/h7-8,11H,3-6,9-10,12,16H2,1-2H3. The fraction of sp³-hybridized carbons (Fsp3) is 0.600. The summed E-state index contributed by atoms with van der Waals surface area (Å²) in [4.78, 5) is 12.8. The van der Waals surface area contributed by atoms with Gasteiger partial charge in [0.1, 0.15) is 0 Å². The first-order chi connectivity index (χ1) is 9.58. The van der Waals surface area contributed by atoms with E-state index in [0.717, 1.165) is 44.3 Å². The highest BCUT2D eigenvalue weighted by Gasteiger charge is 2.12. The molecule has 1 aromatic carbocycles. The van der Waals surface area contributed by atoms with Crippen molar-refractivity contribution in [1.29, 1.82) is 0 Å². The number of unbranched alkanes of at least 4 members (excludes halogenated alkanes) is 2. The van der Waals surface area contributed by atoms with Crippen LogP contribution in [0.3, 0.4) is 0 Å². The summed E-state index contributed by atoms with van der Waals surface area (Å²) in [6.07, 6.45) is 4.57. The lowest BCUT2D eigenvalue weighted by Crippen LogP contribution is -2.26. The van der Waals surface area contributed by atoms with Crippen LogP contribution in [-0.4, -0.2) is 22.9 Å². The van der Waals surface area contributed by atoms with Crippen LogP contribution in [0.1, 0.15) is 45.1 Å². The molecule has 0 saturated carbocycles. The van der Waals surface area contributed by atoms with E-state index in [4.69, 9.17) is 5.73 Å². The SMILES string of the molecule is CCCCN(CCCC)Cc1cc([N+](=O)[O-])ccc1N. The minimum absolute atomic E-state index is 0.111. The molecular formula is C15H25N3O2. The lowest BCUT2D eigenvalue weighted by molar-refractivity contribution is -0.384. The Bertz CT molecular complexity index is 427. The van der Waals surface area contributed by atoms with Gasteiger partial charge in [-0.05, 0) is 37.6 Å². The summed E-state index contributed by atoms with van der Waals surface area (Å²) in [6.45, 7) is 7.05. The predicted octanol–water partition coefficient (Wildman–Crippen LogP) is 3.58. The molecule has 2 N–H and O–H groups in total. The molecule has 5 nitrogen and oxygen atoms in total. The number of rotatable bonds is 9. The van der Waals surface area contributed by atoms with Gasteiger partial charge in [-0.15, -0.1) is 0 Å². The van der Waals surface area contributed by atoms with Gasteiger partial charge in [-0.25, -0.2) is 0 Å². The minimum Gasteiger partial charge on any atom is -0.398 e. The third-order valence-electron chi connectivity index (χ3n) is 3.39. The Hall–Kier alpha value is -1.62. The molecule has 0 radical (unpaired) electrons. The smallest absolute Gasteiger partial charge is 0.269 e. The molecule has 5 heteroatoms. The second-order valence-corrected chi connectivity index (χ2v) is 5.12. The van der Waals surface area contributed by atoms with Crippen molar-refractivity contribution in [2.75, 3.05) is 18.8 Å². The Morgan fingerprint density at radius 1 is 1.20 bits per heavy atom. The predicted molar refractivity (Wildman–Crippen MR) is 82.6 cm³/mol. The van der Waals surface area contributed by atoms with Crippen molar-refractivity contribution in [3.05, 3.63) is 33.9 Å². The lowest BCUT2D eigenvalue weighted by Gasteiger charge is -2.22. The van der Waals surface area contributed by atoms with Gasteiger partial charge in [-0.1, -0.05) is 26.7 Å². The van der Waals surface area contributed by atoms with Crippen molar-refractivity contribution in [3.63, 3.8) is 0 Å². The maximum absolute atomic E-state index is 10.8. The number of nitro groups is 1. The van der Waals surface area contributed by atoms with Crippen LogP contribution in [0.15, 0.2) is 18.2 Å². The molecular weight excluding hydrogens is 254 g/mol. The molecule has 20 heavy (non-hydrogen) atoms. The normalized spacial score (nSPS) is 10.9. The summed E-state index contributed by atoms with van der Waals surface area (Å²) < 4.78 is 0. The third-order valence-corrected chi connectivity index (χ3v) is 3.39. The zero-order valence-corrected chi connectivity index (χ0v) is 12.5. The van der Waals surface area contributed by atoms with Gasteiger partial charge in [0.25, 0.3) is 5.69 Å². The molecule has 0 heterocycles. The van der Waals surface area contributed by atoms with Crippen molar-refractivity contribution in [1.82, 2.24) is 4.90 Å². The van der Waals surface area contributed by atoms with Crippen molar-refractivity contribution in [3.8, 4) is 0 Å². The van der Waals surface area contributed by atoms with Gasteiger partial charge in [0, 0.05) is 24.4 Å². The lowest BCUT2D eigenvalue weighted by atomic mass is 10.1. The van der Waals surface area contributed by atoms with Gasteiger partial charge in [-0.2, -0.15) is 0 Å². The Morgan fingerprint density at radius 2 is 1.80 bits per heavy atom. The molecule has 1 aromatic rings. The summed E-state index contributed by atoms with van der Waals surface area (Å²) in [7, 11) is 0. The summed E-state index contributed by atoms with van der Waals surface area (Å²) in [5, 5.41) is 10.8. The number of nitro benzene ring substituents is 1. The minimum atomic E-state index is -0.370. The highest BCUT2D eigenvalue weighted by Crippen LogP contribution is 2.21. The average Bonchev–Trinajstić information content (AvgIpc) is 2.43. The summed E-state index contributed by atoms with van der Waals surface area (Å²) in [5.74, 6) is 0. The maximum atomic E-state index is 10.8. The molecule has 0 aliphatic heterocycles. The van der Waals surface area contributed by atoms with Crippen molar-refractivity contribution < 1.29 is 4.92 Å². The highest BCUT2D eigenvalue weighted by atomic mass is 16.6. The molecule has 0 aromatic heterocycles. The van der Waals surface area contributed by atoms with E-state index in [2.05, 4.69) is 18.7 Å². The Kier molecular flexibility index (Phi) is 7.01. The van der Waals surface area contributed by atoms with Gasteiger partial charge >= 0.3 is 0 Å². The second-order valence-electron chi connectivity index (χ2n) is 5.12. The van der Waals surface area contributed by atoms with E-state index in [1.54, 1.807) is 12.1 Å². The topological polar surface area (TPSA) is 72.4 Å². The van der Waals surface area contributed by atoms with E-state index in [1.165, 1.54) is 6.07 Å². The molecule has 0 bridgehead atoms. The quantitative estimate of drug-likeness (QED) is 0.426. The summed E-state index contributed by atoms with van der Waals surface area (Å²) in [6, 6.07) is 4.69. The first-order valence-electron chi connectivity index (χ1n) is 7.33. The Labute approximate surface area is 120 Å². The van der Waals surface area contributed by atoms with Gasteiger partial charge in [-0.3, -0.25) is 15.0 Å². The molecule has 0 fully saturated rings. The number of nitrogens with zero attached hydrogens (tertiary/aromatic N) is 2. The zero-order chi connectivity index (χ0) is 15.0. The van der Waals surface area contributed by atoms with Crippen molar-refractivity contribution in [2.24, 2.45) is 0 Å². The molecule has 0 atom stereocenters. The molecule has 112 valence electrons. The third kappa shape index (κ3) is 5.17. The van der Waals surface area contributed by atoms with E-state index in [0.29, 0.717) is 12.2 Å². The Balaban J connectivity index is 2.79. The molecule has 1 rings (SSSR count).